The van der Waals surface area contributed by atoms with Gasteiger partial charge < -0.3 is 31.3 Å². The molecule has 0 spiro atoms. The van der Waals surface area contributed by atoms with E-state index in [0.717, 1.165) is 6.42 Å². The van der Waals surface area contributed by atoms with Crippen molar-refractivity contribution < 1.29 is 15.3 Å². The summed E-state index contributed by atoms with van der Waals surface area (Å²) in [7, 11) is 0. The summed E-state index contributed by atoms with van der Waals surface area (Å²) in [6.07, 6.45) is 1.30. The third-order valence-electron chi connectivity index (χ3n) is 3.31. The Hall–Kier alpha value is -1.57. The SMILES string of the molecule is Nc1ccc(N2CCCC2(O)CO)nc1NCCO. The highest BCUT2D eigenvalue weighted by Crippen LogP contribution is 2.32. The van der Waals surface area contributed by atoms with E-state index in [4.69, 9.17) is 10.8 Å². The first-order valence-electron chi connectivity index (χ1n) is 6.33. The molecule has 106 valence electrons. The van der Waals surface area contributed by atoms with Crippen molar-refractivity contribution in [2.45, 2.75) is 18.6 Å². The lowest BCUT2D eigenvalue weighted by molar-refractivity contribution is -0.00543. The normalized spacial score (nSPS) is 22.8. The summed E-state index contributed by atoms with van der Waals surface area (Å²) in [5.41, 5.74) is 5.02. The number of hydrogen-bond donors (Lipinski definition) is 5. The molecular formula is C12H20N4O3. The molecular weight excluding hydrogens is 248 g/mol. The van der Waals surface area contributed by atoms with Crippen molar-refractivity contribution in [3.05, 3.63) is 12.1 Å². The van der Waals surface area contributed by atoms with Crippen molar-refractivity contribution in [1.82, 2.24) is 4.98 Å². The van der Waals surface area contributed by atoms with Gasteiger partial charge in [0, 0.05) is 13.1 Å². The molecule has 1 unspecified atom stereocenters. The van der Waals surface area contributed by atoms with Gasteiger partial charge in [-0.25, -0.2) is 4.98 Å². The number of nitrogens with zero attached hydrogens (tertiary/aromatic N) is 2. The molecule has 1 saturated heterocycles. The maximum atomic E-state index is 10.3. The second-order valence-electron chi connectivity index (χ2n) is 4.65. The predicted molar refractivity (Wildman–Crippen MR) is 72.8 cm³/mol. The van der Waals surface area contributed by atoms with Crippen molar-refractivity contribution in [3.63, 3.8) is 0 Å². The summed E-state index contributed by atoms with van der Waals surface area (Å²) < 4.78 is 0. The Morgan fingerprint density at radius 3 is 2.89 bits per heavy atom. The van der Waals surface area contributed by atoms with Crippen LogP contribution in [0.1, 0.15) is 12.8 Å². The molecule has 1 aliphatic heterocycles. The fourth-order valence-corrected chi connectivity index (χ4v) is 2.28. The monoisotopic (exact) mass is 268 g/mol. The minimum atomic E-state index is -1.25. The van der Waals surface area contributed by atoms with Gasteiger partial charge in [0.1, 0.15) is 5.82 Å². The third kappa shape index (κ3) is 2.73. The molecule has 2 heterocycles. The quantitative estimate of drug-likeness (QED) is 0.482. The summed E-state index contributed by atoms with van der Waals surface area (Å²) in [6, 6.07) is 3.41. The molecule has 0 aromatic carbocycles. The fourth-order valence-electron chi connectivity index (χ4n) is 2.28. The second-order valence-corrected chi connectivity index (χ2v) is 4.65. The number of aliphatic hydroxyl groups is 3. The average Bonchev–Trinajstić information content (AvgIpc) is 2.81. The molecule has 1 fully saturated rings. The lowest BCUT2D eigenvalue weighted by Crippen LogP contribution is -2.47. The van der Waals surface area contributed by atoms with Gasteiger partial charge in [0.05, 0.1) is 18.9 Å². The molecule has 7 heteroatoms. The molecule has 1 aliphatic rings. The highest BCUT2D eigenvalue weighted by atomic mass is 16.4. The van der Waals surface area contributed by atoms with Crippen LogP contribution in [-0.2, 0) is 0 Å². The van der Waals surface area contributed by atoms with Crippen LogP contribution in [0.15, 0.2) is 12.1 Å². The van der Waals surface area contributed by atoms with Crippen LogP contribution in [0, 0.1) is 0 Å². The second kappa shape index (κ2) is 5.60. The number of aromatic nitrogens is 1. The maximum Gasteiger partial charge on any atom is 0.162 e. The molecule has 0 radical (unpaired) electrons. The fraction of sp³-hybridized carbons (Fsp3) is 0.583. The zero-order valence-electron chi connectivity index (χ0n) is 10.7. The first-order valence-corrected chi connectivity index (χ1v) is 6.33. The number of anilines is 3. The van der Waals surface area contributed by atoms with Crippen LogP contribution in [0.25, 0.3) is 0 Å². The number of hydrogen-bond acceptors (Lipinski definition) is 7. The van der Waals surface area contributed by atoms with Gasteiger partial charge in [-0.3, -0.25) is 0 Å². The molecule has 1 aromatic heterocycles. The summed E-state index contributed by atoms with van der Waals surface area (Å²) in [6.45, 7) is 0.631. The summed E-state index contributed by atoms with van der Waals surface area (Å²) in [4.78, 5) is 6.02. The Morgan fingerprint density at radius 1 is 1.42 bits per heavy atom. The van der Waals surface area contributed by atoms with Crippen LogP contribution < -0.4 is 16.0 Å². The van der Waals surface area contributed by atoms with E-state index in [1.165, 1.54) is 0 Å². The summed E-state index contributed by atoms with van der Waals surface area (Å²) >= 11 is 0. The molecule has 0 aliphatic carbocycles. The van der Waals surface area contributed by atoms with Crippen molar-refractivity contribution in [3.8, 4) is 0 Å². The zero-order valence-corrected chi connectivity index (χ0v) is 10.7. The molecule has 2 rings (SSSR count). The van der Waals surface area contributed by atoms with E-state index in [-0.39, 0.29) is 13.2 Å². The van der Waals surface area contributed by atoms with Gasteiger partial charge in [-0.1, -0.05) is 0 Å². The third-order valence-corrected chi connectivity index (χ3v) is 3.31. The van der Waals surface area contributed by atoms with Crippen LogP contribution >= 0.6 is 0 Å². The first-order chi connectivity index (χ1) is 9.10. The van der Waals surface area contributed by atoms with Crippen molar-refractivity contribution >= 4 is 17.3 Å². The van der Waals surface area contributed by atoms with Crippen molar-refractivity contribution in [2.75, 3.05) is 42.3 Å². The Labute approximate surface area is 111 Å². The maximum absolute atomic E-state index is 10.3. The van der Waals surface area contributed by atoms with E-state index < -0.39 is 5.72 Å². The Bertz CT molecular complexity index is 443. The van der Waals surface area contributed by atoms with E-state index in [2.05, 4.69) is 10.3 Å². The van der Waals surface area contributed by atoms with Crippen LogP contribution in [0.2, 0.25) is 0 Å². The van der Waals surface area contributed by atoms with Crippen LogP contribution in [0.5, 0.6) is 0 Å². The molecule has 0 bridgehead atoms. The average molecular weight is 268 g/mol. The van der Waals surface area contributed by atoms with Crippen LogP contribution in [0.3, 0.4) is 0 Å². The zero-order chi connectivity index (χ0) is 13.9. The lowest BCUT2D eigenvalue weighted by Gasteiger charge is -2.33. The molecule has 7 nitrogen and oxygen atoms in total. The number of pyridine rings is 1. The minimum Gasteiger partial charge on any atom is -0.396 e. The lowest BCUT2D eigenvalue weighted by atomic mass is 10.1. The van der Waals surface area contributed by atoms with Gasteiger partial charge >= 0.3 is 0 Å². The number of nitrogens with two attached hydrogens (primary N) is 1. The Kier molecular flexibility index (Phi) is 4.08. The Balaban J connectivity index is 2.25. The number of rotatable bonds is 5. The first kappa shape index (κ1) is 13.9. The number of nitrogens with one attached hydrogen (secondary N) is 1. The molecule has 6 N–H and O–H groups in total. The van der Waals surface area contributed by atoms with Gasteiger partial charge in [-0.2, -0.15) is 0 Å². The smallest absolute Gasteiger partial charge is 0.162 e. The van der Waals surface area contributed by atoms with Crippen molar-refractivity contribution in [2.24, 2.45) is 0 Å². The van der Waals surface area contributed by atoms with Gasteiger partial charge in [-0.15, -0.1) is 0 Å². The standard InChI is InChI=1S/C12H20N4O3/c13-9-2-3-10(15-11(9)14-5-7-17)16-6-1-4-12(16,19)8-18/h2-3,17-19H,1,4-8,13H2,(H,14,15). The van der Waals surface area contributed by atoms with Gasteiger partial charge in [0.15, 0.2) is 11.5 Å². The van der Waals surface area contributed by atoms with E-state index in [9.17, 15) is 10.2 Å². The van der Waals surface area contributed by atoms with E-state index in [1.807, 2.05) is 0 Å². The molecule has 1 atom stereocenters. The van der Waals surface area contributed by atoms with Crippen molar-refractivity contribution in [1.29, 1.82) is 0 Å². The van der Waals surface area contributed by atoms with Crippen LogP contribution in [0.4, 0.5) is 17.3 Å². The number of nitrogen functional groups attached to an aromatic ring is 1. The van der Waals surface area contributed by atoms with Crippen LogP contribution in [-0.4, -0.2) is 52.3 Å². The Morgan fingerprint density at radius 2 is 2.21 bits per heavy atom. The number of aliphatic hydroxyl groups excluding tert-OH is 2. The largest absolute Gasteiger partial charge is 0.396 e. The molecule has 0 amide bonds. The summed E-state index contributed by atoms with van der Waals surface area (Å²) in [5.74, 6) is 1.03. The predicted octanol–water partition coefficient (Wildman–Crippen LogP) is -0.651. The van der Waals surface area contributed by atoms with Gasteiger partial charge in [-0.05, 0) is 25.0 Å². The van der Waals surface area contributed by atoms with Gasteiger partial charge in [0.25, 0.3) is 0 Å². The van der Waals surface area contributed by atoms with E-state index in [1.54, 1.807) is 17.0 Å². The molecule has 0 saturated carbocycles. The van der Waals surface area contributed by atoms with Gasteiger partial charge in [0.2, 0.25) is 0 Å². The highest BCUT2D eigenvalue weighted by Gasteiger charge is 2.39. The molecule has 19 heavy (non-hydrogen) atoms. The van der Waals surface area contributed by atoms with E-state index in [0.29, 0.717) is 36.8 Å². The minimum absolute atomic E-state index is 0.0182. The summed E-state index contributed by atoms with van der Waals surface area (Å²) in [5, 5.41) is 31.3. The van der Waals surface area contributed by atoms with E-state index >= 15 is 0 Å². The topological polar surface area (TPSA) is 115 Å². The molecule has 1 aromatic rings. The highest BCUT2D eigenvalue weighted by molar-refractivity contribution is 5.65.